The first-order chi connectivity index (χ1) is 23.5. The number of hydrogen-bond donors (Lipinski definition) is 2. The number of nitrogens with one attached hydrogen (secondary N) is 2. The van der Waals surface area contributed by atoms with E-state index in [2.05, 4.69) is 93.4 Å². The maximum Gasteiger partial charge on any atom is 0.250 e. The van der Waals surface area contributed by atoms with Crippen LogP contribution in [-0.2, 0) is 12.8 Å². The van der Waals surface area contributed by atoms with Crippen molar-refractivity contribution in [2.24, 2.45) is 11.0 Å². The van der Waals surface area contributed by atoms with Gasteiger partial charge in [0.1, 0.15) is 6.34 Å². The van der Waals surface area contributed by atoms with Gasteiger partial charge in [-0.25, -0.2) is 5.43 Å². The Morgan fingerprint density at radius 1 is 0.833 bits per heavy atom. The number of piperidine rings is 1. The third kappa shape index (κ3) is 7.62. The van der Waals surface area contributed by atoms with Gasteiger partial charge in [-0.15, -0.1) is 0 Å². The largest absolute Gasteiger partial charge is 0.341 e. The summed E-state index contributed by atoms with van der Waals surface area (Å²) < 4.78 is 1.99. The summed E-state index contributed by atoms with van der Waals surface area (Å²) in [5.41, 5.74) is 9.72. The lowest BCUT2D eigenvalue weighted by Gasteiger charge is -2.32. The van der Waals surface area contributed by atoms with Crippen LogP contribution in [0.3, 0.4) is 0 Å². The molecule has 0 saturated carbocycles. The summed E-state index contributed by atoms with van der Waals surface area (Å²) in [7, 11) is 0. The Morgan fingerprint density at radius 2 is 1.58 bits per heavy atom. The van der Waals surface area contributed by atoms with Crippen LogP contribution in [0.1, 0.15) is 35.1 Å². The highest BCUT2D eigenvalue weighted by atomic mass is 35.5. The van der Waals surface area contributed by atoms with Crippen LogP contribution in [0, 0.1) is 12.8 Å². The molecule has 2 aromatic heterocycles. The predicted octanol–water partition coefficient (Wildman–Crippen LogP) is 9.14. The molecule has 1 aliphatic rings. The van der Waals surface area contributed by atoms with Gasteiger partial charge in [-0.3, -0.25) is 0 Å². The minimum absolute atomic E-state index is 0.363. The van der Waals surface area contributed by atoms with Crippen molar-refractivity contribution < 1.29 is 0 Å². The van der Waals surface area contributed by atoms with Gasteiger partial charge in [0.15, 0.2) is 0 Å². The van der Waals surface area contributed by atoms with Gasteiger partial charge in [0.05, 0.1) is 5.52 Å². The Kier molecular flexibility index (Phi) is 9.54. The summed E-state index contributed by atoms with van der Waals surface area (Å²) in [6.07, 6.45) is 7.72. The molecule has 8 nitrogen and oxygen atoms in total. The van der Waals surface area contributed by atoms with E-state index in [1.54, 1.807) is 12.4 Å². The van der Waals surface area contributed by atoms with E-state index in [-0.39, 0.29) is 0 Å². The van der Waals surface area contributed by atoms with Crippen LogP contribution >= 0.6 is 23.2 Å². The van der Waals surface area contributed by atoms with Gasteiger partial charge < -0.3 is 14.8 Å². The van der Waals surface area contributed by atoms with Crippen LogP contribution in [0.4, 0.5) is 23.5 Å². The first-order valence-electron chi connectivity index (χ1n) is 16.2. The zero-order chi connectivity index (χ0) is 32.9. The Hall–Kier alpha value is -4.92. The smallest absolute Gasteiger partial charge is 0.250 e. The van der Waals surface area contributed by atoms with E-state index in [0.717, 1.165) is 60.1 Å². The summed E-state index contributed by atoms with van der Waals surface area (Å²) in [6.45, 7) is 3.82. The summed E-state index contributed by atoms with van der Waals surface area (Å²) in [5.74, 6) is 2.09. The van der Waals surface area contributed by atoms with Crippen molar-refractivity contribution in [1.29, 1.82) is 0 Å². The molecule has 0 atom stereocenters. The second kappa shape index (κ2) is 14.5. The van der Waals surface area contributed by atoms with E-state index < -0.39 is 0 Å². The number of aromatic nitrogens is 4. The molecule has 0 bridgehead atoms. The summed E-state index contributed by atoms with van der Waals surface area (Å²) in [5, 5.41) is 10.3. The number of aryl methyl sites for hydroxylation is 1. The third-order valence-electron chi connectivity index (χ3n) is 8.76. The van der Waals surface area contributed by atoms with E-state index >= 15 is 0 Å². The first-order valence-corrected chi connectivity index (χ1v) is 16.9. The molecule has 0 radical (unpaired) electrons. The minimum atomic E-state index is 0.363. The molecular formula is C38H36Cl2N8. The molecule has 242 valence electrons. The second-order valence-corrected chi connectivity index (χ2v) is 13.1. The van der Waals surface area contributed by atoms with Crippen LogP contribution in [0.25, 0.3) is 10.9 Å². The molecule has 6 aromatic rings. The van der Waals surface area contributed by atoms with E-state index in [0.29, 0.717) is 40.2 Å². The molecule has 1 fully saturated rings. The highest BCUT2D eigenvalue weighted by Crippen LogP contribution is 2.29. The fraction of sp³-hybridized carbons (Fsp3) is 0.211. The fourth-order valence-electron chi connectivity index (χ4n) is 6.20. The standard InChI is InChI=1S/C38H36Cl2N8/c1-26-11-15-32(16-12-26)42-36-43-37(45-38(44-36)47-19-17-28(18-20-47)21-27-7-3-2-4-8-27)46-41-25-48-24-30(33-9-5-6-10-35(33)48)22-29-13-14-31(39)23-34(29)40/h2-16,23-25,28H,17-22H2,1H3,(H2,42,43,44,45,46)/b41-25+. The Bertz CT molecular complexity index is 2030. The maximum atomic E-state index is 6.51. The topological polar surface area (TPSA) is 83.3 Å². The average molecular weight is 676 g/mol. The number of hydrazone groups is 1. The zero-order valence-corrected chi connectivity index (χ0v) is 28.2. The van der Waals surface area contributed by atoms with Crippen LogP contribution in [0.2, 0.25) is 10.0 Å². The number of rotatable bonds is 10. The number of anilines is 4. The Morgan fingerprint density at radius 3 is 2.38 bits per heavy atom. The number of halogens is 2. The van der Waals surface area contributed by atoms with Gasteiger partial charge in [0, 0.05) is 46.8 Å². The molecular weight excluding hydrogens is 639 g/mol. The molecule has 3 heterocycles. The van der Waals surface area contributed by atoms with Crippen LogP contribution < -0.4 is 15.6 Å². The number of fused-ring (bicyclic) bond motifs is 1. The van der Waals surface area contributed by atoms with E-state index in [9.17, 15) is 0 Å². The number of para-hydroxylation sites is 1. The molecule has 7 rings (SSSR count). The van der Waals surface area contributed by atoms with Crippen LogP contribution in [0.5, 0.6) is 0 Å². The van der Waals surface area contributed by atoms with Crippen molar-refractivity contribution in [2.75, 3.05) is 28.7 Å². The lowest BCUT2D eigenvalue weighted by Crippen LogP contribution is -2.35. The lowest BCUT2D eigenvalue weighted by atomic mass is 9.90. The molecule has 0 spiro atoms. The van der Waals surface area contributed by atoms with Gasteiger partial charge in [-0.1, -0.05) is 95.5 Å². The van der Waals surface area contributed by atoms with Gasteiger partial charge in [-0.2, -0.15) is 20.1 Å². The van der Waals surface area contributed by atoms with Gasteiger partial charge in [-0.05, 0) is 79.1 Å². The molecule has 0 aliphatic carbocycles. The highest BCUT2D eigenvalue weighted by molar-refractivity contribution is 6.35. The van der Waals surface area contributed by atoms with Gasteiger partial charge in [0.2, 0.25) is 17.8 Å². The molecule has 10 heteroatoms. The highest BCUT2D eigenvalue weighted by Gasteiger charge is 2.22. The maximum absolute atomic E-state index is 6.51. The molecule has 0 amide bonds. The third-order valence-corrected chi connectivity index (χ3v) is 9.35. The quantitative estimate of drug-likeness (QED) is 0.0857. The number of benzene rings is 4. The Labute approximate surface area is 290 Å². The molecule has 1 saturated heterocycles. The van der Waals surface area contributed by atoms with Gasteiger partial charge in [0.25, 0.3) is 0 Å². The molecule has 2 N–H and O–H groups in total. The average Bonchev–Trinajstić information content (AvgIpc) is 3.45. The minimum Gasteiger partial charge on any atom is -0.341 e. The van der Waals surface area contributed by atoms with Crippen LogP contribution in [-0.4, -0.2) is 38.9 Å². The van der Waals surface area contributed by atoms with E-state index in [4.69, 9.17) is 33.2 Å². The zero-order valence-electron chi connectivity index (χ0n) is 26.7. The first kappa shape index (κ1) is 31.7. The number of hydrogen-bond acceptors (Lipinski definition) is 7. The SMILES string of the molecule is Cc1ccc(Nc2nc(N/N=C/n3cc(Cc4ccc(Cl)cc4Cl)c4ccccc43)nc(N3CCC(Cc4ccccc4)CC3)n2)cc1. The summed E-state index contributed by atoms with van der Waals surface area (Å²) in [6, 6.07) is 32.7. The van der Waals surface area contributed by atoms with E-state index in [1.165, 1.54) is 11.1 Å². The lowest BCUT2D eigenvalue weighted by molar-refractivity contribution is 0.400. The van der Waals surface area contributed by atoms with Crippen molar-refractivity contribution >= 4 is 64.0 Å². The van der Waals surface area contributed by atoms with Crippen LogP contribution in [0.15, 0.2) is 108 Å². The molecule has 0 unspecified atom stereocenters. The molecule has 48 heavy (non-hydrogen) atoms. The fourth-order valence-corrected chi connectivity index (χ4v) is 6.67. The monoisotopic (exact) mass is 674 g/mol. The van der Waals surface area contributed by atoms with Crippen molar-refractivity contribution in [3.05, 3.63) is 136 Å². The van der Waals surface area contributed by atoms with E-state index in [1.807, 2.05) is 41.0 Å². The predicted molar refractivity (Wildman–Crippen MR) is 198 cm³/mol. The van der Waals surface area contributed by atoms with Crippen molar-refractivity contribution in [3.8, 4) is 0 Å². The normalized spacial score (nSPS) is 13.8. The van der Waals surface area contributed by atoms with Gasteiger partial charge >= 0.3 is 0 Å². The number of nitrogens with zero attached hydrogens (tertiary/aromatic N) is 6. The summed E-state index contributed by atoms with van der Waals surface area (Å²) in [4.78, 5) is 16.5. The van der Waals surface area contributed by atoms with Crippen molar-refractivity contribution in [3.63, 3.8) is 0 Å². The molecule has 1 aliphatic heterocycles. The Balaban J connectivity index is 1.11. The van der Waals surface area contributed by atoms with Crippen molar-refractivity contribution in [1.82, 2.24) is 19.5 Å². The molecule has 4 aromatic carbocycles. The summed E-state index contributed by atoms with van der Waals surface area (Å²) >= 11 is 12.6. The second-order valence-electron chi connectivity index (χ2n) is 12.2. The van der Waals surface area contributed by atoms with Crippen molar-refractivity contribution in [2.45, 2.75) is 32.6 Å².